The zero-order valence-electron chi connectivity index (χ0n) is 18.4. The van der Waals surface area contributed by atoms with Gasteiger partial charge in [-0.2, -0.15) is 8.78 Å². The van der Waals surface area contributed by atoms with Crippen molar-refractivity contribution in [2.75, 3.05) is 11.9 Å². The first-order valence-corrected chi connectivity index (χ1v) is 10.9. The van der Waals surface area contributed by atoms with E-state index in [1.165, 1.54) is 35.4 Å². The number of anilines is 1. The highest BCUT2D eigenvalue weighted by Gasteiger charge is 2.41. The number of rotatable bonds is 9. The molecule has 10 nitrogen and oxygen atoms in total. The maximum absolute atomic E-state index is 14.9. The number of benzene rings is 1. The average Bonchev–Trinajstić information content (AvgIpc) is 3.38. The van der Waals surface area contributed by atoms with Gasteiger partial charge >= 0.3 is 11.6 Å². The van der Waals surface area contributed by atoms with E-state index in [0.717, 1.165) is 12.3 Å². The molecule has 186 valence electrons. The van der Waals surface area contributed by atoms with Gasteiger partial charge in [0.15, 0.2) is 11.6 Å². The van der Waals surface area contributed by atoms with Gasteiger partial charge in [-0.3, -0.25) is 10.0 Å². The lowest BCUT2D eigenvalue weighted by Gasteiger charge is -2.15. The molecular weight excluding hydrogens is 501 g/mol. The summed E-state index contributed by atoms with van der Waals surface area (Å²) in [6.45, 7) is -0.983. The summed E-state index contributed by atoms with van der Waals surface area (Å²) in [5.74, 6) is -5.45. The molecule has 0 aliphatic carbocycles. The maximum atomic E-state index is 14.9. The second kappa shape index (κ2) is 10.6. The normalized spacial score (nSPS) is 11.3. The Kier molecular flexibility index (Phi) is 7.29. The Morgan fingerprint density at radius 2 is 2.03 bits per heavy atom. The molecule has 0 radical (unpaired) electrons. The van der Waals surface area contributed by atoms with Crippen molar-refractivity contribution < 1.29 is 27.9 Å². The summed E-state index contributed by atoms with van der Waals surface area (Å²) >= 11 is 6.07. The molecule has 0 atom stereocenters. The zero-order valence-corrected chi connectivity index (χ0v) is 19.2. The molecule has 0 saturated carbocycles. The van der Waals surface area contributed by atoms with Crippen LogP contribution in [0.15, 0.2) is 61.2 Å². The molecule has 4 aromatic rings. The number of carbonyl (C=O) groups excluding carboxylic acids is 1. The third-order valence-corrected chi connectivity index (χ3v) is 5.36. The van der Waals surface area contributed by atoms with E-state index in [1.54, 1.807) is 18.2 Å². The number of nitrogens with zero attached hydrogens (tertiary/aromatic N) is 6. The van der Waals surface area contributed by atoms with Crippen molar-refractivity contribution in [1.29, 1.82) is 0 Å². The Hall–Kier alpha value is -4.26. The molecule has 3 heterocycles. The molecule has 4 rings (SSSR count). The number of aromatic nitrogens is 6. The van der Waals surface area contributed by atoms with E-state index in [0.29, 0.717) is 16.3 Å². The average molecular weight is 520 g/mol. The van der Waals surface area contributed by atoms with Crippen LogP contribution in [0.4, 0.5) is 19.0 Å². The van der Waals surface area contributed by atoms with Gasteiger partial charge in [0.2, 0.25) is 12.1 Å². The monoisotopic (exact) mass is 519 g/mol. The predicted molar refractivity (Wildman–Crippen MR) is 120 cm³/mol. The minimum absolute atomic E-state index is 0.0444. The highest BCUT2D eigenvalue weighted by Crippen LogP contribution is 2.26. The molecule has 1 aromatic carbocycles. The molecule has 1 amide bonds. The van der Waals surface area contributed by atoms with Crippen molar-refractivity contribution in [3.8, 4) is 5.69 Å². The molecule has 14 heteroatoms. The highest BCUT2D eigenvalue weighted by molar-refractivity contribution is 6.30. The fraction of sp³-hybridized carbons (Fsp3) is 0.182. The van der Waals surface area contributed by atoms with E-state index in [2.05, 4.69) is 31.1 Å². The van der Waals surface area contributed by atoms with Crippen LogP contribution < -0.4 is 15.4 Å². The van der Waals surface area contributed by atoms with Crippen molar-refractivity contribution in [1.82, 2.24) is 30.5 Å². The smallest absolute Gasteiger partial charge is 0.351 e. The van der Waals surface area contributed by atoms with Crippen molar-refractivity contribution in [2.45, 2.75) is 18.9 Å². The van der Waals surface area contributed by atoms with E-state index in [1.807, 2.05) is 0 Å². The molecule has 3 aromatic heterocycles. The van der Waals surface area contributed by atoms with Gasteiger partial charge in [-0.25, -0.2) is 14.1 Å². The third kappa shape index (κ3) is 5.68. The summed E-state index contributed by atoms with van der Waals surface area (Å²) < 4.78 is 45.6. The van der Waals surface area contributed by atoms with Gasteiger partial charge in [0, 0.05) is 40.2 Å². The number of carbonyl (C=O) groups is 1. The molecule has 3 N–H and O–H groups in total. The number of nitrogens with one attached hydrogen (secondary N) is 2. The minimum Gasteiger partial charge on any atom is -0.361 e. The lowest BCUT2D eigenvalue weighted by molar-refractivity contribution is -0.913. The number of hydrogen-bond donors (Lipinski definition) is 3. The summed E-state index contributed by atoms with van der Waals surface area (Å²) in [6.07, 6.45) is 3.27. The Morgan fingerprint density at radius 1 is 1.19 bits per heavy atom. The van der Waals surface area contributed by atoms with E-state index < -0.39 is 35.7 Å². The number of tetrazole rings is 1. The zero-order chi connectivity index (χ0) is 25.7. The number of halogens is 4. The summed E-state index contributed by atoms with van der Waals surface area (Å²) in [5, 5.41) is 26.0. The van der Waals surface area contributed by atoms with E-state index in [-0.39, 0.29) is 23.3 Å². The number of amides is 1. The summed E-state index contributed by atoms with van der Waals surface area (Å²) in [7, 11) is 0. The highest BCUT2D eigenvalue weighted by atomic mass is 35.5. The molecule has 0 unspecified atom stereocenters. The Morgan fingerprint density at radius 3 is 2.78 bits per heavy atom. The van der Waals surface area contributed by atoms with Crippen LogP contribution in [0, 0.1) is 5.82 Å². The largest absolute Gasteiger partial charge is 0.361 e. The Balaban J connectivity index is 1.41. The second-order valence-corrected chi connectivity index (χ2v) is 8.04. The minimum atomic E-state index is -3.54. The van der Waals surface area contributed by atoms with Crippen LogP contribution >= 0.6 is 11.6 Å². The van der Waals surface area contributed by atoms with Crippen LogP contribution in [-0.2, 0) is 23.7 Å². The standard InChI is InChI=1S/C22H18ClF3N8O2/c23-16-4-5-17(33-13-30-31-32-33)15(9-16)11-28-19(35)10-14-6-7-27-21(20(14)24)29-12-22(25,26)18-3-1-2-8-34(18)36/h1-9,13H,10-12H2,(H2-,27,28,29,35,36)/p+1. The van der Waals surface area contributed by atoms with Gasteiger partial charge in [0.05, 0.1) is 18.7 Å². The summed E-state index contributed by atoms with van der Waals surface area (Å²) in [6, 6.07) is 10.00. The van der Waals surface area contributed by atoms with Crippen LogP contribution in [0.25, 0.3) is 5.69 Å². The van der Waals surface area contributed by atoms with Gasteiger partial charge in [-0.1, -0.05) is 11.6 Å². The Labute approximate surface area is 207 Å². The molecule has 0 saturated heterocycles. The van der Waals surface area contributed by atoms with E-state index in [4.69, 9.17) is 11.6 Å². The van der Waals surface area contributed by atoms with E-state index >= 15 is 0 Å². The lowest BCUT2D eigenvalue weighted by Crippen LogP contribution is -2.43. The molecule has 0 fully saturated rings. The van der Waals surface area contributed by atoms with Gasteiger partial charge < -0.3 is 10.6 Å². The van der Waals surface area contributed by atoms with Gasteiger partial charge in [0.25, 0.3) is 0 Å². The van der Waals surface area contributed by atoms with Crippen LogP contribution in [0.2, 0.25) is 5.02 Å². The molecule has 0 aliphatic rings. The molecule has 36 heavy (non-hydrogen) atoms. The molecule has 0 bridgehead atoms. The third-order valence-electron chi connectivity index (χ3n) is 5.13. The first kappa shape index (κ1) is 24.9. The SMILES string of the molecule is O=C(Cc1ccnc(NCC(F)(F)c2cccc[n+]2O)c1F)NCc1cc(Cl)ccc1-n1cnnn1. The molecule has 0 spiro atoms. The van der Waals surface area contributed by atoms with Crippen molar-refractivity contribution >= 4 is 23.3 Å². The van der Waals surface area contributed by atoms with Crippen molar-refractivity contribution in [3.63, 3.8) is 0 Å². The predicted octanol–water partition coefficient (Wildman–Crippen LogP) is 2.44. The molecule has 0 aliphatic heterocycles. The lowest BCUT2D eigenvalue weighted by atomic mass is 10.1. The van der Waals surface area contributed by atoms with Gasteiger partial charge in [0.1, 0.15) is 6.33 Å². The first-order chi connectivity index (χ1) is 17.2. The topological polar surface area (TPSA) is 122 Å². The van der Waals surface area contributed by atoms with Gasteiger partial charge in [-0.15, -0.1) is 5.10 Å². The van der Waals surface area contributed by atoms with Crippen LogP contribution in [-0.4, -0.2) is 42.9 Å². The fourth-order valence-electron chi connectivity index (χ4n) is 3.37. The van der Waals surface area contributed by atoms with Crippen LogP contribution in [0.3, 0.4) is 0 Å². The summed E-state index contributed by atoms with van der Waals surface area (Å²) in [5.41, 5.74) is 0.479. The van der Waals surface area contributed by atoms with Crippen LogP contribution in [0.1, 0.15) is 16.8 Å². The summed E-state index contributed by atoms with van der Waals surface area (Å²) in [4.78, 5) is 16.3. The quantitative estimate of drug-likeness (QED) is 0.229. The van der Waals surface area contributed by atoms with Crippen molar-refractivity contribution in [2.24, 2.45) is 0 Å². The van der Waals surface area contributed by atoms with Crippen molar-refractivity contribution in [3.05, 3.63) is 88.8 Å². The number of alkyl halides is 2. The van der Waals surface area contributed by atoms with Gasteiger partial charge in [-0.05, 0) is 46.3 Å². The second-order valence-electron chi connectivity index (χ2n) is 7.60. The fourth-order valence-corrected chi connectivity index (χ4v) is 3.57. The maximum Gasteiger partial charge on any atom is 0.351 e. The number of hydrogen-bond acceptors (Lipinski definition) is 7. The van der Waals surface area contributed by atoms with E-state index in [9.17, 15) is 23.2 Å². The Bertz CT molecular complexity index is 1370. The van der Waals surface area contributed by atoms with Crippen LogP contribution in [0.5, 0.6) is 0 Å². The first-order valence-electron chi connectivity index (χ1n) is 10.5. The number of pyridine rings is 2. The molecular formula is C22H19ClF3N8O2+.